The van der Waals surface area contributed by atoms with Crippen molar-refractivity contribution in [1.82, 2.24) is 4.98 Å². The van der Waals surface area contributed by atoms with E-state index in [2.05, 4.69) is 20.9 Å². The minimum Gasteiger partial charge on any atom is -0.248 e. The Morgan fingerprint density at radius 2 is 1.87 bits per heavy atom. The van der Waals surface area contributed by atoms with Gasteiger partial charge in [0.2, 0.25) is 0 Å². The number of rotatable bonds is 0. The molecule has 0 aliphatic rings. The summed E-state index contributed by atoms with van der Waals surface area (Å²) in [5.41, 5.74) is 0.448. The molecule has 0 atom stereocenters. The quantitative estimate of drug-likeness (QED) is 0.708. The fraction of sp³-hybridized carbons (Fsp3) is 0.100. The Balaban J connectivity index is 3.04. The zero-order valence-electron chi connectivity index (χ0n) is 7.61. The zero-order chi connectivity index (χ0) is 11.2. The number of nitrogens with zero attached hydrogens (tertiary/aromatic N) is 1. The molecule has 0 aliphatic carbocycles. The second-order valence-corrected chi connectivity index (χ2v) is 4.25. The van der Waals surface area contributed by atoms with Gasteiger partial charge in [-0.2, -0.15) is 0 Å². The molecule has 0 radical (unpaired) electrons. The molecule has 1 nitrogen and oxygen atoms in total. The van der Waals surface area contributed by atoms with Crippen LogP contribution in [0.4, 0.5) is 8.78 Å². The van der Waals surface area contributed by atoms with Crippen molar-refractivity contribution in [2.45, 2.75) is 6.92 Å². The molecule has 15 heavy (non-hydrogen) atoms. The van der Waals surface area contributed by atoms with Crippen LogP contribution in [0.15, 0.2) is 16.6 Å². The molecule has 5 heteroatoms. The summed E-state index contributed by atoms with van der Waals surface area (Å²) in [5, 5.41) is 0.373. The number of hydrogen-bond acceptors (Lipinski definition) is 1. The summed E-state index contributed by atoms with van der Waals surface area (Å²) in [6.45, 7) is 1.64. The van der Waals surface area contributed by atoms with E-state index < -0.39 is 11.6 Å². The Bertz CT molecular complexity index is 557. The number of aryl methyl sites for hydroxylation is 1. The Morgan fingerprint density at radius 3 is 2.53 bits per heavy atom. The van der Waals surface area contributed by atoms with E-state index in [0.717, 1.165) is 12.1 Å². The Morgan fingerprint density at radius 1 is 1.27 bits per heavy atom. The molecule has 0 amide bonds. The van der Waals surface area contributed by atoms with E-state index in [1.807, 2.05) is 0 Å². The van der Waals surface area contributed by atoms with Gasteiger partial charge < -0.3 is 0 Å². The second kappa shape index (κ2) is 3.68. The SMILES string of the molecule is Cc1nc2c(F)ccc(F)c2c(Br)c1Cl. The largest absolute Gasteiger partial charge is 0.248 e. The molecule has 2 rings (SSSR count). The molecule has 0 fully saturated rings. The molecule has 0 bridgehead atoms. The number of fused-ring (bicyclic) bond motifs is 1. The van der Waals surface area contributed by atoms with E-state index >= 15 is 0 Å². The average Bonchev–Trinajstić information content (AvgIpc) is 2.20. The average molecular weight is 293 g/mol. The Labute approximate surface area is 98.2 Å². The molecule has 1 heterocycles. The number of benzene rings is 1. The van der Waals surface area contributed by atoms with Gasteiger partial charge in [-0.3, -0.25) is 0 Å². The predicted octanol–water partition coefficient (Wildman–Crippen LogP) is 4.24. The summed E-state index contributed by atoms with van der Waals surface area (Å²) in [7, 11) is 0. The van der Waals surface area contributed by atoms with Crippen molar-refractivity contribution in [3.05, 3.63) is 39.0 Å². The first kappa shape index (κ1) is 10.8. The third kappa shape index (κ3) is 1.62. The molecule has 0 saturated heterocycles. The third-order valence-electron chi connectivity index (χ3n) is 2.09. The molecule has 0 aliphatic heterocycles. The van der Waals surface area contributed by atoms with Crippen molar-refractivity contribution in [3.8, 4) is 0 Å². The van der Waals surface area contributed by atoms with E-state index in [9.17, 15) is 8.78 Å². The summed E-state index contributed by atoms with van der Waals surface area (Å²) in [6, 6.07) is 2.10. The molecular weight excluding hydrogens is 287 g/mol. The third-order valence-corrected chi connectivity index (χ3v) is 3.57. The van der Waals surface area contributed by atoms with Crippen LogP contribution in [0.25, 0.3) is 10.9 Å². The molecule has 78 valence electrons. The van der Waals surface area contributed by atoms with E-state index in [-0.39, 0.29) is 10.9 Å². The number of halogens is 4. The summed E-state index contributed by atoms with van der Waals surface area (Å²) < 4.78 is 27.1. The standard InChI is InChI=1S/C10H5BrClF2N/c1-4-9(12)8(11)7-5(13)2-3-6(14)10(7)15-4/h2-3H,1H3. The van der Waals surface area contributed by atoms with Crippen LogP contribution < -0.4 is 0 Å². The van der Waals surface area contributed by atoms with Crippen LogP contribution in [-0.4, -0.2) is 4.98 Å². The van der Waals surface area contributed by atoms with Crippen LogP contribution in [0.3, 0.4) is 0 Å². The fourth-order valence-electron chi connectivity index (χ4n) is 1.34. The zero-order valence-corrected chi connectivity index (χ0v) is 9.96. The van der Waals surface area contributed by atoms with Crippen LogP contribution in [0.2, 0.25) is 5.02 Å². The van der Waals surface area contributed by atoms with E-state index in [4.69, 9.17) is 11.6 Å². The van der Waals surface area contributed by atoms with Gasteiger partial charge in [-0.15, -0.1) is 0 Å². The molecule has 2 aromatic rings. The Kier molecular flexibility index (Phi) is 2.64. The van der Waals surface area contributed by atoms with Gasteiger partial charge in [0.25, 0.3) is 0 Å². The van der Waals surface area contributed by atoms with Gasteiger partial charge in [0.05, 0.1) is 20.6 Å². The molecule has 0 N–H and O–H groups in total. The number of hydrogen-bond donors (Lipinski definition) is 0. The monoisotopic (exact) mass is 291 g/mol. The Hall–Kier alpha value is -0.740. The highest BCUT2D eigenvalue weighted by Crippen LogP contribution is 2.34. The highest BCUT2D eigenvalue weighted by atomic mass is 79.9. The summed E-state index contributed by atoms with van der Waals surface area (Å²) in [5.74, 6) is -1.11. The fourth-order valence-corrected chi connectivity index (χ4v) is 2.15. The molecule has 0 unspecified atom stereocenters. The van der Waals surface area contributed by atoms with E-state index in [1.54, 1.807) is 6.92 Å². The van der Waals surface area contributed by atoms with Crippen LogP contribution in [-0.2, 0) is 0 Å². The molecule has 0 saturated carbocycles. The first-order valence-electron chi connectivity index (χ1n) is 4.11. The molecule has 1 aromatic heterocycles. The lowest BCUT2D eigenvalue weighted by Crippen LogP contribution is -1.93. The van der Waals surface area contributed by atoms with Crippen molar-refractivity contribution in [2.75, 3.05) is 0 Å². The van der Waals surface area contributed by atoms with Crippen LogP contribution in [0.1, 0.15) is 5.69 Å². The van der Waals surface area contributed by atoms with Gasteiger partial charge in [-0.25, -0.2) is 13.8 Å². The maximum atomic E-state index is 13.4. The minimum atomic E-state index is -0.563. The first-order chi connectivity index (χ1) is 7.02. The van der Waals surface area contributed by atoms with Crippen LogP contribution in [0.5, 0.6) is 0 Å². The van der Waals surface area contributed by atoms with Gasteiger partial charge in [0.1, 0.15) is 17.2 Å². The van der Waals surface area contributed by atoms with Gasteiger partial charge in [0.15, 0.2) is 0 Å². The number of pyridine rings is 1. The van der Waals surface area contributed by atoms with Crippen molar-refractivity contribution >= 4 is 38.4 Å². The van der Waals surface area contributed by atoms with E-state index in [1.165, 1.54) is 0 Å². The van der Waals surface area contributed by atoms with Crippen LogP contribution in [0, 0.1) is 18.6 Å². The predicted molar refractivity (Wildman–Crippen MR) is 59.1 cm³/mol. The smallest absolute Gasteiger partial charge is 0.149 e. The normalized spacial score (nSPS) is 11.0. The molecule has 0 spiro atoms. The highest BCUT2D eigenvalue weighted by Gasteiger charge is 2.15. The summed E-state index contributed by atoms with van der Waals surface area (Å²) >= 11 is 9.02. The molecule has 1 aromatic carbocycles. The lowest BCUT2D eigenvalue weighted by molar-refractivity contribution is 0.614. The first-order valence-corrected chi connectivity index (χ1v) is 5.28. The number of aromatic nitrogens is 1. The highest BCUT2D eigenvalue weighted by molar-refractivity contribution is 9.10. The van der Waals surface area contributed by atoms with Crippen molar-refractivity contribution in [3.63, 3.8) is 0 Å². The van der Waals surface area contributed by atoms with Gasteiger partial charge in [0, 0.05) is 0 Å². The van der Waals surface area contributed by atoms with E-state index in [0.29, 0.717) is 15.2 Å². The van der Waals surface area contributed by atoms with Crippen molar-refractivity contribution in [2.24, 2.45) is 0 Å². The maximum Gasteiger partial charge on any atom is 0.149 e. The van der Waals surface area contributed by atoms with Gasteiger partial charge in [-0.1, -0.05) is 11.6 Å². The lowest BCUT2D eigenvalue weighted by Gasteiger charge is -2.07. The topological polar surface area (TPSA) is 12.9 Å². The molecular formula is C10H5BrClF2N. The van der Waals surface area contributed by atoms with Gasteiger partial charge in [-0.05, 0) is 35.0 Å². The van der Waals surface area contributed by atoms with Gasteiger partial charge >= 0.3 is 0 Å². The van der Waals surface area contributed by atoms with Crippen molar-refractivity contribution < 1.29 is 8.78 Å². The van der Waals surface area contributed by atoms with Crippen LogP contribution >= 0.6 is 27.5 Å². The maximum absolute atomic E-state index is 13.4. The lowest BCUT2D eigenvalue weighted by atomic mass is 10.2. The minimum absolute atomic E-state index is 0.0104. The summed E-state index contributed by atoms with van der Waals surface area (Å²) in [6.07, 6.45) is 0. The van der Waals surface area contributed by atoms with Crippen molar-refractivity contribution in [1.29, 1.82) is 0 Å². The summed E-state index contributed by atoms with van der Waals surface area (Å²) in [4.78, 5) is 3.92. The second-order valence-electron chi connectivity index (χ2n) is 3.08.